The summed E-state index contributed by atoms with van der Waals surface area (Å²) in [6.45, 7) is 8.92. The molecule has 0 aromatic carbocycles. The Hall–Kier alpha value is -0.660. The zero-order valence-corrected chi connectivity index (χ0v) is 14.9. The lowest BCUT2D eigenvalue weighted by molar-refractivity contribution is -0.139. The maximum atomic E-state index is 12.0. The first kappa shape index (κ1) is 19.4. The second-order valence-corrected chi connectivity index (χ2v) is 9.25. The van der Waals surface area contributed by atoms with E-state index in [1.54, 1.807) is 0 Å². The van der Waals surface area contributed by atoms with Gasteiger partial charge in [0, 0.05) is 12.1 Å². The molecule has 0 saturated heterocycles. The number of carbonyl (C=O) groups is 1. The van der Waals surface area contributed by atoms with Crippen LogP contribution in [0.15, 0.2) is 0 Å². The number of aliphatic carboxylic acids is 1. The van der Waals surface area contributed by atoms with Gasteiger partial charge in [-0.25, -0.2) is 13.1 Å². The number of nitrogens with zero attached hydrogens (tertiary/aromatic N) is 1. The van der Waals surface area contributed by atoms with Gasteiger partial charge in [0.1, 0.15) is 0 Å². The topological polar surface area (TPSA) is 86.7 Å². The second kappa shape index (κ2) is 7.75. The summed E-state index contributed by atoms with van der Waals surface area (Å²) in [6.07, 6.45) is 2.93. The minimum atomic E-state index is -3.23. The monoisotopic (exact) mass is 334 g/mol. The molecular weight excluding hydrogens is 304 g/mol. The molecule has 0 aromatic rings. The molecule has 22 heavy (non-hydrogen) atoms. The lowest BCUT2D eigenvalue weighted by Crippen LogP contribution is -2.55. The quantitative estimate of drug-likeness (QED) is 0.670. The van der Waals surface area contributed by atoms with Gasteiger partial charge in [-0.1, -0.05) is 27.7 Å². The molecule has 0 unspecified atom stereocenters. The number of likely N-dealkylation sites (N-methyl/N-ethyl adjacent to an activating group) is 1. The van der Waals surface area contributed by atoms with Crippen molar-refractivity contribution >= 4 is 16.0 Å². The predicted octanol–water partition coefficient (Wildman–Crippen LogP) is 1.67. The molecule has 1 aliphatic carbocycles. The van der Waals surface area contributed by atoms with Crippen molar-refractivity contribution in [1.29, 1.82) is 0 Å². The largest absolute Gasteiger partial charge is 0.480 e. The SMILES string of the molecule is CCN(CC(=O)O)C1CC(NS(=O)(=O)CCCC(C)(C)C)C1. The molecular formula is C15H30N2O4S. The Labute approximate surface area is 134 Å². The van der Waals surface area contributed by atoms with E-state index in [2.05, 4.69) is 25.5 Å². The summed E-state index contributed by atoms with van der Waals surface area (Å²) in [5.41, 5.74) is 0.148. The van der Waals surface area contributed by atoms with Crippen LogP contribution in [-0.4, -0.2) is 55.3 Å². The van der Waals surface area contributed by atoms with Crippen LogP contribution in [0.25, 0.3) is 0 Å². The van der Waals surface area contributed by atoms with Gasteiger partial charge in [-0.3, -0.25) is 9.69 Å². The second-order valence-electron chi connectivity index (χ2n) is 7.38. The Morgan fingerprint density at radius 2 is 1.91 bits per heavy atom. The summed E-state index contributed by atoms with van der Waals surface area (Å²) in [5, 5.41) is 8.85. The first-order valence-electron chi connectivity index (χ1n) is 7.98. The van der Waals surface area contributed by atoms with E-state index in [1.807, 2.05) is 11.8 Å². The lowest BCUT2D eigenvalue weighted by Gasteiger charge is -2.42. The van der Waals surface area contributed by atoms with E-state index < -0.39 is 16.0 Å². The van der Waals surface area contributed by atoms with Crippen molar-refractivity contribution in [2.75, 3.05) is 18.8 Å². The molecule has 7 heteroatoms. The number of sulfonamides is 1. The lowest BCUT2D eigenvalue weighted by atomic mass is 9.86. The molecule has 1 saturated carbocycles. The number of hydrogen-bond acceptors (Lipinski definition) is 4. The Balaban J connectivity index is 2.33. The van der Waals surface area contributed by atoms with Crippen molar-refractivity contribution in [1.82, 2.24) is 9.62 Å². The highest BCUT2D eigenvalue weighted by molar-refractivity contribution is 7.89. The Kier molecular flexibility index (Phi) is 6.83. The zero-order valence-electron chi connectivity index (χ0n) is 14.1. The zero-order chi connectivity index (χ0) is 17.0. The summed E-state index contributed by atoms with van der Waals surface area (Å²) in [5.74, 6) is -0.675. The summed E-state index contributed by atoms with van der Waals surface area (Å²) in [6, 6.07) is 0.121. The van der Waals surface area contributed by atoms with Crippen molar-refractivity contribution in [2.45, 2.75) is 65.5 Å². The third-order valence-electron chi connectivity index (χ3n) is 4.06. The van der Waals surface area contributed by atoms with E-state index in [0.717, 1.165) is 6.42 Å². The van der Waals surface area contributed by atoms with Crippen LogP contribution < -0.4 is 4.72 Å². The van der Waals surface area contributed by atoms with Crippen LogP contribution >= 0.6 is 0 Å². The Bertz CT molecular complexity index is 464. The molecule has 1 fully saturated rings. The average molecular weight is 334 g/mol. The van der Waals surface area contributed by atoms with Crippen LogP contribution in [0.1, 0.15) is 53.4 Å². The fourth-order valence-corrected chi connectivity index (χ4v) is 4.10. The van der Waals surface area contributed by atoms with Gasteiger partial charge in [0.2, 0.25) is 10.0 Å². The van der Waals surface area contributed by atoms with Crippen molar-refractivity contribution in [3.63, 3.8) is 0 Å². The van der Waals surface area contributed by atoms with Crippen LogP contribution in [0.3, 0.4) is 0 Å². The van der Waals surface area contributed by atoms with Gasteiger partial charge >= 0.3 is 5.97 Å². The first-order valence-corrected chi connectivity index (χ1v) is 9.63. The highest BCUT2D eigenvalue weighted by Gasteiger charge is 2.35. The van der Waals surface area contributed by atoms with E-state index in [0.29, 0.717) is 25.8 Å². The van der Waals surface area contributed by atoms with Crippen molar-refractivity contribution in [3.05, 3.63) is 0 Å². The maximum absolute atomic E-state index is 12.0. The van der Waals surface area contributed by atoms with Crippen molar-refractivity contribution in [2.24, 2.45) is 5.41 Å². The number of nitrogens with one attached hydrogen (secondary N) is 1. The highest BCUT2D eigenvalue weighted by Crippen LogP contribution is 2.26. The number of rotatable bonds is 9. The van der Waals surface area contributed by atoms with Gasteiger partial charge in [0.05, 0.1) is 12.3 Å². The van der Waals surface area contributed by atoms with Gasteiger partial charge < -0.3 is 5.11 Å². The molecule has 0 amide bonds. The van der Waals surface area contributed by atoms with Gasteiger partial charge in [0.25, 0.3) is 0 Å². The molecule has 1 aliphatic rings. The fraction of sp³-hybridized carbons (Fsp3) is 0.933. The molecule has 2 N–H and O–H groups in total. The summed E-state index contributed by atoms with van der Waals surface area (Å²) in [4.78, 5) is 12.7. The van der Waals surface area contributed by atoms with Crippen molar-refractivity contribution < 1.29 is 18.3 Å². The van der Waals surface area contributed by atoms with E-state index >= 15 is 0 Å². The molecule has 130 valence electrons. The molecule has 0 heterocycles. The minimum Gasteiger partial charge on any atom is -0.480 e. The number of carboxylic acids is 1. The normalized spacial score (nSPS) is 22.6. The van der Waals surface area contributed by atoms with Crippen LogP contribution in [0, 0.1) is 5.41 Å². The maximum Gasteiger partial charge on any atom is 0.317 e. The highest BCUT2D eigenvalue weighted by atomic mass is 32.2. The molecule has 0 atom stereocenters. The molecule has 6 nitrogen and oxygen atoms in total. The molecule has 0 spiro atoms. The third-order valence-corrected chi connectivity index (χ3v) is 5.58. The molecule has 0 aromatic heterocycles. The third kappa shape index (κ3) is 7.07. The molecule has 0 radical (unpaired) electrons. The summed E-state index contributed by atoms with van der Waals surface area (Å²) in [7, 11) is -3.23. The van der Waals surface area contributed by atoms with E-state index in [1.165, 1.54) is 0 Å². The Morgan fingerprint density at radius 3 is 2.36 bits per heavy atom. The van der Waals surface area contributed by atoms with Gasteiger partial charge in [-0.2, -0.15) is 0 Å². The van der Waals surface area contributed by atoms with E-state index in [4.69, 9.17) is 5.11 Å². The van der Waals surface area contributed by atoms with E-state index in [9.17, 15) is 13.2 Å². The average Bonchev–Trinajstić information content (AvgIpc) is 2.28. The van der Waals surface area contributed by atoms with Gasteiger partial charge in [0.15, 0.2) is 0 Å². The van der Waals surface area contributed by atoms with Gasteiger partial charge in [-0.15, -0.1) is 0 Å². The molecule has 0 bridgehead atoms. The molecule has 0 aliphatic heterocycles. The van der Waals surface area contributed by atoms with E-state index in [-0.39, 0.29) is 29.8 Å². The summed E-state index contributed by atoms with van der Waals surface area (Å²) >= 11 is 0. The predicted molar refractivity (Wildman–Crippen MR) is 87.3 cm³/mol. The standard InChI is InChI=1S/C15H30N2O4S/c1-5-17(11-14(18)19)13-9-12(10-13)16-22(20,21)8-6-7-15(2,3)4/h12-13,16H,5-11H2,1-4H3,(H,18,19). The Morgan fingerprint density at radius 1 is 1.32 bits per heavy atom. The molecule has 1 rings (SSSR count). The van der Waals surface area contributed by atoms with Crippen LogP contribution in [0.4, 0.5) is 0 Å². The fourth-order valence-electron chi connectivity index (χ4n) is 2.76. The summed E-state index contributed by atoms with van der Waals surface area (Å²) < 4.78 is 26.8. The number of hydrogen-bond donors (Lipinski definition) is 2. The van der Waals surface area contributed by atoms with Gasteiger partial charge in [-0.05, 0) is 37.6 Å². The van der Waals surface area contributed by atoms with Crippen LogP contribution in [0.5, 0.6) is 0 Å². The van der Waals surface area contributed by atoms with Crippen LogP contribution in [0.2, 0.25) is 0 Å². The van der Waals surface area contributed by atoms with Crippen LogP contribution in [-0.2, 0) is 14.8 Å². The first-order chi connectivity index (χ1) is 10.0. The minimum absolute atomic E-state index is 0.0201. The smallest absolute Gasteiger partial charge is 0.317 e. The number of carboxylic acid groups (broad SMARTS) is 1. The van der Waals surface area contributed by atoms with Crippen molar-refractivity contribution in [3.8, 4) is 0 Å².